The zero-order valence-electron chi connectivity index (χ0n) is 10.4. The zero-order valence-corrected chi connectivity index (χ0v) is 12.0. The van der Waals surface area contributed by atoms with Crippen LogP contribution in [0, 0.1) is 6.92 Å². The van der Waals surface area contributed by atoms with Crippen LogP contribution in [0.4, 0.5) is 0 Å². The van der Waals surface area contributed by atoms with Crippen LogP contribution in [0.1, 0.15) is 23.0 Å². The maximum absolute atomic E-state index is 5.66. The molecule has 0 aliphatic rings. The highest BCUT2D eigenvalue weighted by Gasteiger charge is 2.16. The van der Waals surface area contributed by atoms with E-state index in [1.54, 1.807) is 11.0 Å². The van der Waals surface area contributed by atoms with Gasteiger partial charge in [-0.1, -0.05) is 34.1 Å². The first-order valence-electron chi connectivity index (χ1n) is 5.67. The van der Waals surface area contributed by atoms with Gasteiger partial charge in [-0.25, -0.2) is 4.98 Å². The van der Waals surface area contributed by atoms with Gasteiger partial charge in [0.25, 0.3) is 0 Å². The van der Waals surface area contributed by atoms with Crippen LogP contribution in [-0.2, 0) is 13.5 Å². The molecule has 0 spiro atoms. The Labute approximate surface area is 115 Å². The van der Waals surface area contributed by atoms with Crippen molar-refractivity contribution < 1.29 is 0 Å². The molecule has 0 saturated heterocycles. The lowest BCUT2D eigenvalue weighted by atomic mass is 10.0. The standard InChI is InChI=1S/C12H16BrN5/c1-8-4-3-5-9(12(8)13)10(17-14)6-11-15-7-16-18(11)2/h3-5,7,10,17H,6,14H2,1-2H3. The molecule has 96 valence electrons. The Balaban J connectivity index is 2.29. The first kappa shape index (κ1) is 13.2. The molecule has 6 heteroatoms. The first-order valence-corrected chi connectivity index (χ1v) is 6.46. The fourth-order valence-corrected chi connectivity index (χ4v) is 2.43. The summed E-state index contributed by atoms with van der Waals surface area (Å²) in [5.74, 6) is 6.56. The van der Waals surface area contributed by atoms with Crippen LogP contribution < -0.4 is 11.3 Å². The van der Waals surface area contributed by atoms with Crippen LogP contribution in [0.2, 0.25) is 0 Å². The number of benzene rings is 1. The Morgan fingerprint density at radius 3 is 2.89 bits per heavy atom. The second kappa shape index (κ2) is 5.60. The molecule has 0 aliphatic carbocycles. The minimum Gasteiger partial charge on any atom is -0.271 e. The average molecular weight is 310 g/mol. The molecule has 1 aromatic carbocycles. The zero-order chi connectivity index (χ0) is 13.1. The second-order valence-corrected chi connectivity index (χ2v) is 4.99. The smallest absolute Gasteiger partial charge is 0.138 e. The number of rotatable bonds is 4. The Morgan fingerprint density at radius 2 is 2.28 bits per heavy atom. The first-order chi connectivity index (χ1) is 8.63. The third-order valence-electron chi connectivity index (χ3n) is 2.99. The number of nitrogens with two attached hydrogens (primary N) is 1. The lowest BCUT2D eigenvalue weighted by Gasteiger charge is -2.18. The number of aryl methyl sites for hydroxylation is 2. The van der Waals surface area contributed by atoms with E-state index in [2.05, 4.69) is 50.5 Å². The Bertz CT molecular complexity index is 537. The van der Waals surface area contributed by atoms with Crippen molar-refractivity contribution >= 4 is 15.9 Å². The monoisotopic (exact) mass is 309 g/mol. The summed E-state index contributed by atoms with van der Waals surface area (Å²) in [6, 6.07) is 6.14. The molecule has 0 fully saturated rings. The fourth-order valence-electron chi connectivity index (χ4n) is 1.89. The SMILES string of the molecule is Cc1cccc(C(Cc2ncnn2C)NN)c1Br. The Morgan fingerprint density at radius 1 is 1.50 bits per heavy atom. The quantitative estimate of drug-likeness (QED) is 0.665. The normalized spacial score (nSPS) is 12.7. The van der Waals surface area contributed by atoms with Crippen LogP contribution in [0.5, 0.6) is 0 Å². The van der Waals surface area contributed by atoms with E-state index in [0.29, 0.717) is 6.42 Å². The largest absolute Gasteiger partial charge is 0.271 e. The Kier molecular flexibility index (Phi) is 4.11. The molecule has 2 rings (SSSR count). The van der Waals surface area contributed by atoms with E-state index >= 15 is 0 Å². The number of hydrogen-bond acceptors (Lipinski definition) is 4. The van der Waals surface area contributed by atoms with Gasteiger partial charge in [0, 0.05) is 17.9 Å². The molecule has 18 heavy (non-hydrogen) atoms. The summed E-state index contributed by atoms with van der Waals surface area (Å²) in [5.41, 5.74) is 5.15. The molecule has 0 radical (unpaired) electrons. The molecule has 5 nitrogen and oxygen atoms in total. The number of hydrogen-bond donors (Lipinski definition) is 2. The maximum Gasteiger partial charge on any atom is 0.138 e. The molecule has 0 aliphatic heterocycles. The minimum absolute atomic E-state index is 0.00201. The predicted molar refractivity (Wildman–Crippen MR) is 73.7 cm³/mol. The van der Waals surface area contributed by atoms with Gasteiger partial charge in [-0.15, -0.1) is 0 Å². The van der Waals surface area contributed by atoms with E-state index in [0.717, 1.165) is 15.9 Å². The van der Waals surface area contributed by atoms with Gasteiger partial charge < -0.3 is 0 Å². The molecule has 2 aromatic rings. The molecular formula is C12H16BrN5. The van der Waals surface area contributed by atoms with Crippen molar-refractivity contribution in [3.05, 3.63) is 46.0 Å². The summed E-state index contributed by atoms with van der Waals surface area (Å²) >= 11 is 3.61. The van der Waals surface area contributed by atoms with Crippen molar-refractivity contribution in [3.63, 3.8) is 0 Å². The molecule has 1 aromatic heterocycles. The molecule has 1 unspecified atom stereocenters. The van der Waals surface area contributed by atoms with E-state index in [4.69, 9.17) is 5.84 Å². The Hall–Kier alpha value is -1.24. The van der Waals surface area contributed by atoms with Crippen molar-refractivity contribution in [3.8, 4) is 0 Å². The predicted octanol–water partition coefficient (Wildman–Crippen LogP) is 1.63. The number of aromatic nitrogens is 3. The lowest BCUT2D eigenvalue weighted by molar-refractivity contribution is 0.521. The number of nitrogens with zero attached hydrogens (tertiary/aromatic N) is 3. The van der Waals surface area contributed by atoms with Gasteiger partial charge in [0.05, 0.1) is 6.04 Å². The highest BCUT2D eigenvalue weighted by Crippen LogP contribution is 2.27. The fraction of sp³-hybridized carbons (Fsp3) is 0.333. The molecule has 0 amide bonds. The van der Waals surface area contributed by atoms with Gasteiger partial charge in [-0.2, -0.15) is 5.10 Å². The summed E-state index contributed by atoms with van der Waals surface area (Å²) < 4.78 is 2.84. The lowest BCUT2D eigenvalue weighted by Crippen LogP contribution is -2.30. The van der Waals surface area contributed by atoms with Crippen LogP contribution in [0.15, 0.2) is 29.0 Å². The molecular weight excluding hydrogens is 294 g/mol. The third-order valence-corrected chi connectivity index (χ3v) is 4.07. The van der Waals surface area contributed by atoms with Gasteiger partial charge in [-0.05, 0) is 18.1 Å². The van der Waals surface area contributed by atoms with Crippen LogP contribution in [-0.4, -0.2) is 14.8 Å². The van der Waals surface area contributed by atoms with E-state index in [9.17, 15) is 0 Å². The molecule has 0 saturated carbocycles. The molecule has 1 atom stereocenters. The summed E-state index contributed by atoms with van der Waals surface area (Å²) in [6.45, 7) is 2.06. The minimum atomic E-state index is 0.00201. The van der Waals surface area contributed by atoms with E-state index in [1.165, 1.54) is 5.56 Å². The number of halogens is 1. The average Bonchev–Trinajstić information content (AvgIpc) is 2.76. The van der Waals surface area contributed by atoms with Crippen LogP contribution >= 0.6 is 15.9 Å². The molecule has 3 N–H and O–H groups in total. The number of nitrogens with one attached hydrogen (secondary N) is 1. The topological polar surface area (TPSA) is 68.8 Å². The van der Waals surface area contributed by atoms with Crippen molar-refractivity contribution in [2.24, 2.45) is 12.9 Å². The van der Waals surface area contributed by atoms with Crippen molar-refractivity contribution in [1.29, 1.82) is 0 Å². The maximum atomic E-state index is 5.66. The van der Waals surface area contributed by atoms with E-state index in [-0.39, 0.29) is 6.04 Å². The van der Waals surface area contributed by atoms with Gasteiger partial charge in [0.2, 0.25) is 0 Å². The third kappa shape index (κ3) is 2.60. The van der Waals surface area contributed by atoms with Gasteiger partial charge >= 0.3 is 0 Å². The van der Waals surface area contributed by atoms with Crippen molar-refractivity contribution in [2.75, 3.05) is 0 Å². The van der Waals surface area contributed by atoms with Gasteiger partial charge in [-0.3, -0.25) is 16.0 Å². The van der Waals surface area contributed by atoms with E-state index < -0.39 is 0 Å². The summed E-state index contributed by atoms with van der Waals surface area (Å²) in [4.78, 5) is 4.22. The summed E-state index contributed by atoms with van der Waals surface area (Å²) in [7, 11) is 1.88. The number of hydrazine groups is 1. The van der Waals surface area contributed by atoms with E-state index in [1.807, 2.05) is 13.1 Å². The van der Waals surface area contributed by atoms with Crippen LogP contribution in [0.3, 0.4) is 0 Å². The summed E-state index contributed by atoms with van der Waals surface area (Å²) in [5, 5.41) is 4.06. The van der Waals surface area contributed by atoms with Gasteiger partial charge in [0.1, 0.15) is 12.2 Å². The van der Waals surface area contributed by atoms with Crippen molar-refractivity contribution in [2.45, 2.75) is 19.4 Å². The summed E-state index contributed by atoms with van der Waals surface area (Å²) in [6.07, 6.45) is 2.24. The molecule has 1 heterocycles. The highest BCUT2D eigenvalue weighted by atomic mass is 79.9. The van der Waals surface area contributed by atoms with Crippen molar-refractivity contribution in [1.82, 2.24) is 20.2 Å². The highest BCUT2D eigenvalue weighted by molar-refractivity contribution is 9.10. The molecule has 0 bridgehead atoms. The van der Waals surface area contributed by atoms with Crippen LogP contribution in [0.25, 0.3) is 0 Å². The van der Waals surface area contributed by atoms with Gasteiger partial charge in [0.15, 0.2) is 0 Å². The second-order valence-electron chi connectivity index (χ2n) is 4.20.